The van der Waals surface area contributed by atoms with Crippen molar-refractivity contribution in [3.05, 3.63) is 30.3 Å². The van der Waals surface area contributed by atoms with Crippen LogP contribution in [0.2, 0.25) is 0 Å². The van der Waals surface area contributed by atoms with Crippen molar-refractivity contribution in [2.24, 2.45) is 5.92 Å². The Morgan fingerprint density at radius 2 is 1.82 bits per heavy atom. The van der Waals surface area contributed by atoms with Gasteiger partial charge in [0.15, 0.2) is 0 Å². The van der Waals surface area contributed by atoms with Crippen LogP contribution in [0.1, 0.15) is 39.0 Å². The van der Waals surface area contributed by atoms with E-state index in [1.165, 1.54) is 32.1 Å². The fourth-order valence-electron chi connectivity index (χ4n) is 2.65. The highest BCUT2D eigenvalue weighted by atomic mass is 16.2. The summed E-state index contributed by atoms with van der Waals surface area (Å²) in [7, 11) is 0. The number of hydrogen-bond donors (Lipinski definition) is 0. The SMILES string of the molecule is CC(=O)N(CC1CCCCC1)c1ccccc1. The van der Waals surface area contributed by atoms with Crippen LogP contribution in [0.3, 0.4) is 0 Å². The van der Waals surface area contributed by atoms with Crippen LogP contribution >= 0.6 is 0 Å². The van der Waals surface area contributed by atoms with Crippen molar-refractivity contribution in [1.82, 2.24) is 0 Å². The van der Waals surface area contributed by atoms with E-state index in [0.717, 1.165) is 12.2 Å². The smallest absolute Gasteiger partial charge is 0.223 e. The van der Waals surface area contributed by atoms with Gasteiger partial charge in [0.05, 0.1) is 0 Å². The van der Waals surface area contributed by atoms with Crippen LogP contribution in [0.15, 0.2) is 30.3 Å². The summed E-state index contributed by atoms with van der Waals surface area (Å²) in [4.78, 5) is 13.7. The summed E-state index contributed by atoms with van der Waals surface area (Å²) in [6.07, 6.45) is 6.56. The van der Waals surface area contributed by atoms with Crippen LogP contribution in [0.25, 0.3) is 0 Å². The molecule has 0 heterocycles. The lowest BCUT2D eigenvalue weighted by Gasteiger charge is -2.29. The van der Waals surface area contributed by atoms with Crippen molar-refractivity contribution < 1.29 is 4.79 Å². The van der Waals surface area contributed by atoms with Gasteiger partial charge >= 0.3 is 0 Å². The molecule has 0 atom stereocenters. The van der Waals surface area contributed by atoms with Crippen molar-refractivity contribution in [3.63, 3.8) is 0 Å². The first-order valence-electron chi connectivity index (χ1n) is 6.60. The number of carbonyl (C=O) groups is 1. The second-order valence-corrected chi connectivity index (χ2v) is 4.97. The summed E-state index contributed by atoms with van der Waals surface area (Å²) in [6.45, 7) is 2.55. The van der Waals surface area contributed by atoms with Crippen LogP contribution in [0.5, 0.6) is 0 Å². The molecule has 1 amide bonds. The Kier molecular flexibility index (Phi) is 4.18. The largest absolute Gasteiger partial charge is 0.312 e. The van der Waals surface area contributed by atoms with Crippen LogP contribution < -0.4 is 4.90 Å². The van der Waals surface area contributed by atoms with E-state index in [0.29, 0.717) is 5.92 Å². The van der Waals surface area contributed by atoms with Gasteiger partial charge in [0.25, 0.3) is 0 Å². The molecular weight excluding hydrogens is 210 g/mol. The highest BCUT2D eigenvalue weighted by Crippen LogP contribution is 2.26. The second-order valence-electron chi connectivity index (χ2n) is 4.97. The quantitative estimate of drug-likeness (QED) is 0.778. The lowest BCUT2D eigenvalue weighted by Crippen LogP contribution is -2.34. The van der Waals surface area contributed by atoms with Crippen LogP contribution in [0.4, 0.5) is 5.69 Å². The van der Waals surface area contributed by atoms with Crippen molar-refractivity contribution in [2.75, 3.05) is 11.4 Å². The summed E-state index contributed by atoms with van der Waals surface area (Å²) in [6, 6.07) is 10.0. The average molecular weight is 231 g/mol. The van der Waals surface area contributed by atoms with Gasteiger partial charge < -0.3 is 4.90 Å². The molecule has 0 aromatic heterocycles. The topological polar surface area (TPSA) is 20.3 Å². The molecule has 2 rings (SSSR count). The number of rotatable bonds is 3. The van der Waals surface area contributed by atoms with Gasteiger partial charge in [-0.1, -0.05) is 37.5 Å². The fraction of sp³-hybridized carbons (Fsp3) is 0.533. The number of anilines is 1. The lowest BCUT2D eigenvalue weighted by atomic mass is 9.89. The minimum Gasteiger partial charge on any atom is -0.312 e. The molecule has 17 heavy (non-hydrogen) atoms. The first-order valence-corrected chi connectivity index (χ1v) is 6.60. The van der Waals surface area contributed by atoms with Crippen LogP contribution in [-0.4, -0.2) is 12.5 Å². The molecule has 0 spiro atoms. The molecule has 1 aliphatic rings. The molecule has 0 radical (unpaired) electrons. The van der Waals surface area contributed by atoms with Gasteiger partial charge in [0.1, 0.15) is 0 Å². The number of para-hydroxylation sites is 1. The molecule has 0 unspecified atom stereocenters. The van der Waals surface area contributed by atoms with Gasteiger partial charge in [-0.15, -0.1) is 0 Å². The summed E-state index contributed by atoms with van der Waals surface area (Å²) in [5.41, 5.74) is 1.03. The van der Waals surface area contributed by atoms with E-state index in [1.54, 1.807) is 6.92 Å². The molecule has 2 nitrogen and oxygen atoms in total. The third kappa shape index (κ3) is 3.32. The zero-order chi connectivity index (χ0) is 12.1. The molecule has 0 bridgehead atoms. The Morgan fingerprint density at radius 3 is 2.41 bits per heavy atom. The maximum Gasteiger partial charge on any atom is 0.223 e. The maximum atomic E-state index is 11.7. The van der Waals surface area contributed by atoms with E-state index < -0.39 is 0 Å². The van der Waals surface area contributed by atoms with Gasteiger partial charge in [0.2, 0.25) is 5.91 Å². The van der Waals surface area contributed by atoms with Gasteiger partial charge in [0, 0.05) is 19.2 Å². The first-order chi connectivity index (χ1) is 8.27. The van der Waals surface area contributed by atoms with Crippen molar-refractivity contribution in [2.45, 2.75) is 39.0 Å². The molecule has 92 valence electrons. The molecule has 0 aliphatic heterocycles. The van der Waals surface area contributed by atoms with Gasteiger partial charge in [-0.25, -0.2) is 0 Å². The summed E-state index contributed by atoms with van der Waals surface area (Å²) >= 11 is 0. The molecule has 2 heteroatoms. The molecule has 0 N–H and O–H groups in total. The zero-order valence-electron chi connectivity index (χ0n) is 10.6. The molecule has 0 saturated heterocycles. The Morgan fingerprint density at radius 1 is 1.18 bits per heavy atom. The van der Waals surface area contributed by atoms with E-state index in [1.807, 2.05) is 35.2 Å². The van der Waals surface area contributed by atoms with Crippen molar-refractivity contribution in [1.29, 1.82) is 0 Å². The Bertz CT molecular complexity index is 354. The predicted molar refractivity (Wildman–Crippen MR) is 71.0 cm³/mol. The summed E-state index contributed by atoms with van der Waals surface area (Å²) in [5.74, 6) is 0.842. The van der Waals surface area contributed by atoms with E-state index >= 15 is 0 Å². The molecule has 1 aliphatic carbocycles. The third-order valence-corrected chi connectivity index (χ3v) is 3.61. The predicted octanol–water partition coefficient (Wildman–Crippen LogP) is 3.62. The Labute approximate surface area is 104 Å². The molecule has 1 saturated carbocycles. The Balaban J connectivity index is 2.05. The maximum absolute atomic E-state index is 11.7. The van der Waals surface area contributed by atoms with Gasteiger partial charge in [-0.3, -0.25) is 4.79 Å². The monoisotopic (exact) mass is 231 g/mol. The fourth-order valence-corrected chi connectivity index (χ4v) is 2.65. The highest BCUT2D eigenvalue weighted by molar-refractivity contribution is 5.91. The Hall–Kier alpha value is -1.31. The summed E-state index contributed by atoms with van der Waals surface area (Å²) in [5, 5.41) is 0. The van der Waals surface area contributed by atoms with E-state index in [4.69, 9.17) is 0 Å². The highest BCUT2D eigenvalue weighted by Gasteiger charge is 2.19. The minimum absolute atomic E-state index is 0.154. The third-order valence-electron chi connectivity index (χ3n) is 3.61. The molecule has 1 aromatic rings. The number of benzene rings is 1. The summed E-state index contributed by atoms with van der Waals surface area (Å²) < 4.78 is 0. The van der Waals surface area contributed by atoms with E-state index in [-0.39, 0.29) is 5.91 Å². The molecule has 1 aromatic carbocycles. The molecule has 1 fully saturated rings. The zero-order valence-corrected chi connectivity index (χ0v) is 10.6. The average Bonchev–Trinajstić information content (AvgIpc) is 2.38. The van der Waals surface area contributed by atoms with Crippen LogP contribution in [0, 0.1) is 5.92 Å². The van der Waals surface area contributed by atoms with Crippen molar-refractivity contribution in [3.8, 4) is 0 Å². The number of nitrogens with zero attached hydrogens (tertiary/aromatic N) is 1. The van der Waals surface area contributed by atoms with Gasteiger partial charge in [-0.2, -0.15) is 0 Å². The normalized spacial score (nSPS) is 16.8. The second kappa shape index (κ2) is 5.85. The lowest BCUT2D eigenvalue weighted by molar-refractivity contribution is -0.116. The van der Waals surface area contributed by atoms with E-state index in [9.17, 15) is 4.79 Å². The minimum atomic E-state index is 0.154. The first kappa shape index (κ1) is 12.2. The number of hydrogen-bond acceptors (Lipinski definition) is 1. The van der Waals surface area contributed by atoms with Crippen molar-refractivity contribution >= 4 is 11.6 Å². The number of amides is 1. The van der Waals surface area contributed by atoms with E-state index in [2.05, 4.69) is 0 Å². The van der Waals surface area contributed by atoms with Gasteiger partial charge in [-0.05, 0) is 30.9 Å². The number of carbonyl (C=O) groups excluding carboxylic acids is 1. The van der Waals surface area contributed by atoms with Crippen LogP contribution in [-0.2, 0) is 4.79 Å². The molecular formula is C15H21NO. The standard InChI is InChI=1S/C15H21NO/c1-13(17)16(15-10-6-3-7-11-15)12-14-8-4-2-5-9-14/h3,6-7,10-11,14H,2,4-5,8-9,12H2,1H3.